The smallest absolute Gasteiger partial charge is 0.256 e. The predicted molar refractivity (Wildman–Crippen MR) is 83.5 cm³/mol. The first-order valence-corrected chi connectivity index (χ1v) is 7.36. The largest absolute Gasteiger partial charge is 0.353 e. The molecular weight excluding hydrogens is 281 g/mol. The summed E-state index contributed by atoms with van der Waals surface area (Å²) < 4.78 is 13.7. The minimum absolute atomic E-state index is 0.143. The van der Waals surface area contributed by atoms with Crippen LogP contribution in [0.4, 0.5) is 10.2 Å². The fourth-order valence-electron chi connectivity index (χ4n) is 2.59. The number of hydrogen-bond acceptors (Lipinski definition) is 3. The summed E-state index contributed by atoms with van der Waals surface area (Å²) in [5.41, 5.74) is 1.27. The molecule has 3 rings (SSSR count). The van der Waals surface area contributed by atoms with Gasteiger partial charge in [-0.3, -0.25) is 4.79 Å². The van der Waals surface area contributed by atoms with E-state index in [1.807, 2.05) is 25.3 Å². The number of rotatable bonds is 2. The van der Waals surface area contributed by atoms with E-state index in [0.29, 0.717) is 26.2 Å². The maximum absolute atomic E-state index is 13.7. The van der Waals surface area contributed by atoms with Gasteiger partial charge in [-0.25, -0.2) is 9.37 Å². The van der Waals surface area contributed by atoms with Crippen LogP contribution >= 0.6 is 0 Å². The van der Waals surface area contributed by atoms with Crippen molar-refractivity contribution in [3.8, 4) is 0 Å². The summed E-state index contributed by atoms with van der Waals surface area (Å²) in [5, 5.41) is 0. The second kappa shape index (κ2) is 6.13. The summed E-state index contributed by atoms with van der Waals surface area (Å²) in [6.07, 6.45) is 1.84. The van der Waals surface area contributed by atoms with Gasteiger partial charge in [-0.15, -0.1) is 0 Å². The number of aromatic nitrogens is 1. The molecule has 22 heavy (non-hydrogen) atoms. The van der Waals surface area contributed by atoms with Crippen LogP contribution in [0, 0.1) is 12.7 Å². The van der Waals surface area contributed by atoms with Crippen molar-refractivity contribution >= 4 is 11.7 Å². The van der Waals surface area contributed by atoms with Crippen LogP contribution in [0.5, 0.6) is 0 Å². The van der Waals surface area contributed by atoms with Gasteiger partial charge in [0.25, 0.3) is 5.91 Å². The van der Waals surface area contributed by atoms with Gasteiger partial charge in [0.1, 0.15) is 11.6 Å². The van der Waals surface area contributed by atoms with E-state index >= 15 is 0 Å². The molecule has 1 saturated heterocycles. The maximum atomic E-state index is 13.7. The molecule has 0 atom stereocenters. The van der Waals surface area contributed by atoms with Crippen molar-refractivity contribution in [1.82, 2.24) is 9.88 Å². The fourth-order valence-corrected chi connectivity index (χ4v) is 2.59. The van der Waals surface area contributed by atoms with Crippen molar-refractivity contribution in [2.45, 2.75) is 6.92 Å². The highest BCUT2D eigenvalue weighted by molar-refractivity contribution is 5.94. The highest BCUT2D eigenvalue weighted by atomic mass is 19.1. The van der Waals surface area contributed by atoms with E-state index in [4.69, 9.17) is 0 Å². The molecule has 1 aromatic heterocycles. The Morgan fingerprint density at radius 1 is 1.09 bits per heavy atom. The zero-order chi connectivity index (χ0) is 15.5. The maximum Gasteiger partial charge on any atom is 0.256 e. The zero-order valence-corrected chi connectivity index (χ0v) is 12.5. The van der Waals surface area contributed by atoms with Gasteiger partial charge in [-0.1, -0.05) is 18.2 Å². The summed E-state index contributed by atoms with van der Waals surface area (Å²) in [6, 6.07) is 10.1. The third-order valence-electron chi connectivity index (χ3n) is 3.89. The molecule has 1 fully saturated rings. The highest BCUT2D eigenvalue weighted by Crippen LogP contribution is 2.16. The van der Waals surface area contributed by atoms with Crippen LogP contribution in [0.2, 0.25) is 0 Å². The minimum Gasteiger partial charge on any atom is -0.353 e. The molecule has 114 valence electrons. The quantitative estimate of drug-likeness (QED) is 0.855. The number of nitrogens with zero attached hydrogens (tertiary/aromatic N) is 3. The molecule has 1 aromatic carbocycles. The topological polar surface area (TPSA) is 36.4 Å². The summed E-state index contributed by atoms with van der Waals surface area (Å²) in [7, 11) is 0. The first-order chi connectivity index (χ1) is 10.6. The third-order valence-corrected chi connectivity index (χ3v) is 3.89. The van der Waals surface area contributed by atoms with Crippen molar-refractivity contribution in [2.24, 2.45) is 0 Å². The Bertz CT molecular complexity index is 664. The molecule has 1 aliphatic heterocycles. The Balaban J connectivity index is 1.65. The summed E-state index contributed by atoms with van der Waals surface area (Å²) in [5.74, 6) is 0.216. The number of amides is 1. The van der Waals surface area contributed by atoms with E-state index in [1.54, 1.807) is 17.0 Å². The van der Waals surface area contributed by atoms with Gasteiger partial charge < -0.3 is 9.80 Å². The molecular formula is C17H18FN3O. The zero-order valence-electron chi connectivity index (χ0n) is 12.5. The fraction of sp³-hybridized carbons (Fsp3) is 0.294. The number of pyridine rings is 1. The van der Waals surface area contributed by atoms with Gasteiger partial charge in [-0.2, -0.15) is 0 Å². The van der Waals surface area contributed by atoms with Crippen LogP contribution in [0.1, 0.15) is 15.9 Å². The van der Waals surface area contributed by atoms with E-state index in [-0.39, 0.29) is 11.5 Å². The molecule has 1 aliphatic rings. The van der Waals surface area contributed by atoms with Crippen molar-refractivity contribution in [2.75, 3.05) is 31.1 Å². The number of benzene rings is 1. The van der Waals surface area contributed by atoms with Crippen LogP contribution < -0.4 is 4.90 Å². The third kappa shape index (κ3) is 2.93. The molecule has 0 aliphatic carbocycles. The normalized spacial score (nSPS) is 15.0. The molecule has 2 aromatic rings. The van der Waals surface area contributed by atoms with Gasteiger partial charge in [0.05, 0.1) is 5.56 Å². The minimum atomic E-state index is -0.463. The van der Waals surface area contributed by atoms with Crippen molar-refractivity contribution in [3.63, 3.8) is 0 Å². The van der Waals surface area contributed by atoms with Gasteiger partial charge in [0, 0.05) is 32.4 Å². The number of carbonyl (C=O) groups excluding carboxylic acids is 1. The lowest BCUT2D eigenvalue weighted by Gasteiger charge is -2.35. The molecule has 0 saturated carbocycles. The van der Waals surface area contributed by atoms with Crippen molar-refractivity contribution in [3.05, 3.63) is 59.5 Å². The first kappa shape index (κ1) is 14.5. The van der Waals surface area contributed by atoms with E-state index in [9.17, 15) is 9.18 Å². The van der Waals surface area contributed by atoms with E-state index in [2.05, 4.69) is 9.88 Å². The lowest BCUT2D eigenvalue weighted by Crippen LogP contribution is -2.49. The molecule has 5 heteroatoms. The van der Waals surface area contributed by atoms with Gasteiger partial charge in [0.2, 0.25) is 0 Å². The number of aryl methyl sites for hydroxylation is 1. The van der Waals surface area contributed by atoms with Crippen LogP contribution in [0.15, 0.2) is 42.6 Å². The Kier molecular flexibility index (Phi) is 4.04. The Morgan fingerprint density at radius 3 is 2.45 bits per heavy atom. The van der Waals surface area contributed by atoms with Gasteiger partial charge in [-0.05, 0) is 30.7 Å². The van der Waals surface area contributed by atoms with Gasteiger partial charge >= 0.3 is 0 Å². The SMILES string of the molecule is Cc1ccc(N2CCN(C(=O)c3ccccc3F)CC2)nc1. The molecule has 0 radical (unpaired) electrons. The number of carbonyl (C=O) groups is 1. The predicted octanol–water partition coefficient (Wildman–Crippen LogP) is 2.49. The van der Waals surface area contributed by atoms with Crippen LogP contribution in [0.3, 0.4) is 0 Å². The Labute approximate surface area is 129 Å². The molecule has 0 spiro atoms. The number of halogens is 1. The molecule has 2 heterocycles. The molecule has 0 unspecified atom stereocenters. The summed E-state index contributed by atoms with van der Waals surface area (Å²) in [6.45, 7) is 4.56. The standard InChI is InChI=1S/C17H18FN3O/c1-13-6-7-16(19-12-13)20-8-10-21(11-9-20)17(22)14-4-2-3-5-15(14)18/h2-7,12H,8-11H2,1H3. The van der Waals surface area contributed by atoms with E-state index < -0.39 is 5.82 Å². The average Bonchev–Trinajstić information content (AvgIpc) is 2.56. The summed E-state index contributed by atoms with van der Waals surface area (Å²) >= 11 is 0. The molecule has 1 amide bonds. The van der Waals surface area contributed by atoms with E-state index in [1.165, 1.54) is 12.1 Å². The van der Waals surface area contributed by atoms with Crippen LogP contribution in [0.25, 0.3) is 0 Å². The van der Waals surface area contributed by atoms with Crippen molar-refractivity contribution < 1.29 is 9.18 Å². The lowest BCUT2D eigenvalue weighted by atomic mass is 10.1. The van der Waals surface area contributed by atoms with E-state index in [0.717, 1.165) is 11.4 Å². The van der Waals surface area contributed by atoms with Crippen molar-refractivity contribution in [1.29, 1.82) is 0 Å². The van der Waals surface area contributed by atoms with Crippen LogP contribution in [-0.2, 0) is 0 Å². The second-order valence-corrected chi connectivity index (χ2v) is 5.45. The highest BCUT2D eigenvalue weighted by Gasteiger charge is 2.24. The number of hydrogen-bond donors (Lipinski definition) is 0. The second-order valence-electron chi connectivity index (χ2n) is 5.45. The summed E-state index contributed by atoms with van der Waals surface area (Å²) in [4.78, 5) is 20.6. The van der Waals surface area contributed by atoms with Crippen LogP contribution in [-0.4, -0.2) is 42.0 Å². The first-order valence-electron chi connectivity index (χ1n) is 7.36. The molecule has 4 nitrogen and oxygen atoms in total. The molecule has 0 bridgehead atoms. The number of anilines is 1. The van der Waals surface area contributed by atoms with Gasteiger partial charge in [0.15, 0.2) is 0 Å². The average molecular weight is 299 g/mol. The Morgan fingerprint density at radius 2 is 1.82 bits per heavy atom. The molecule has 0 N–H and O–H groups in total. The number of piperazine rings is 1. The lowest BCUT2D eigenvalue weighted by molar-refractivity contribution is 0.0742. The monoisotopic (exact) mass is 299 g/mol. The Hall–Kier alpha value is -2.43.